The van der Waals surface area contributed by atoms with Crippen molar-refractivity contribution in [2.45, 2.75) is 24.2 Å². The number of carbonyl (C=O) groups excluding carboxylic acids is 1. The first kappa shape index (κ1) is 22.2. The van der Waals surface area contributed by atoms with E-state index in [9.17, 15) is 31.5 Å². The third kappa shape index (κ3) is 4.65. The molecule has 0 spiro atoms. The number of carboxylic acid groups (broad SMARTS) is 1. The Morgan fingerprint density at radius 2 is 1.84 bits per heavy atom. The van der Waals surface area contributed by atoms with E-state index in [1.807, 2.05) is 5.32 Å². The lowest BCUT2D eigenvalue weighted by Crippen LogP contribution is -2.50. The van der Waals surface area contributed by atoms with Gasteiger partial charge in [0.1, 0.15) is 18.0 Å². The number of benzene rings is 2. The average Bonchev–Trinajstić information content (AvgIpc) is 2.73. The molecule has 0 aliphatic carbocycles. The molecule has 1 amide bonds. The van der Waals surface area contributed by atoms with Crippen molar-refractivity contribution in [3.8, 4) is 0 Å². The number of aliphatic imine (C=N–C) groups is 1. The molecule has 6 nitrogen and oxygen atoms in total. The summed E-state index contributed by atoms with van der Waals surface area (Å²) in [6, 6.07) is 8.72. The number of nitrogens with one attached hydrogen (secondary N) is 1. The Hall–Kier alpha value is -3.50. The number of alkyl halides is 4. The van der Waals surface area contributed by atoms with Gasteiger partial charge in [-0.1, -0.05) is 18.2 Å². The van der Waals surface area contributed by atoms with Crippen LogP contribution in [-0.2, 0) is 10.3 Å². The van der Waals surface area contributed by atoms with Crippen LogP contribution in [0.15, 0.2) is 53.5 Å². The van der Waals surface area contributed by atoms with E-state index in [-0.39, 0.29) is 5.56 Å². The number of nitrogens with zero attached hydrogens (tertiary/aromatic N) is 1. The van der Waals surface area contributed by atoms with Gasteiger partial charge in [-0.2, -0.15) is 13.2 Å². The number of hydrogen-bond acceptors (Lipinski definition) is 4. The molecular formula is C20H15F5N2O4. The number of carbonyl (C=O) groups is 2. The zero-order valence-corrected chi connectivity index (χ0v) is 15.6. The predicted molar refractivity (Wildman–Crippen MR) is 97.9 cm³/mol. The fourth-order valence-electron chi connectivity index (χ4n) is 3.09. The van der Waals surface area contributed by atoms with Crippen molar-refractivity contribution < 1.29 is 41.4 Å². The molecule has 0 bridgehead atoms. The van der Waals surface area contributed by atoms with Gasteiger partial charge in [-0.3, -0.25) is 10.1 Å². The van der Waals surface area contributed by atoms with Crippen LogP contribution in [-0.4, -0.2) is 42.0 Å². The Morgan fingerprint density at radius 1 is 1.16 bits per heavy atom. The third-order valence-electron chi connectivity index (χ3n) is 4.65. The molecule has 0 fully saturated rings. The number of hydrogen-bond donors (Lipinski definition) is 2. The molecule has 1 aliphatic rings. The number of halogens is 5. The topological polar surface area (TPSA) is 88.0 Å². The smallest absolute Gasteiger partial charge is 0.425 e. The lowest BCUT2D eigenvalue weighted by atomic mass is 9.84. The van der Waals surface area contributed by atoms with Gasteiger partial charge < -0.3 is 9.84 Å². The Balaban J connectivity index is 2.09. The maximum atomic E-state index is 14.5. The summed E-state index contributed by atoms with van der Waals surface area (Å²) in [6.45, 7) is -1.60. The van der Waals surface area contributed by atoms with Crippen LogP contribution in [0.5, 0.6) is 0 Å². The third-order valence-corrected chi connectivity index (χ3v) is 4.65. The SMILES string of the molecule is O=C(O)c1ccc(F)c(C2(CF)CC(C(F)(F)F)OC(NC(=O)c3ccccc3)=N2)c1. The van der Waals surface area contributed by atoms with E-state index in [4.69, 9.17) is 9.84 Å². The Morgan fingerprint density at radius 3 is 2.42 bits per heavy atom. The molecule has 31 heavy (non-hydrogen) atoms. The highest BCUT2D eigenvalue weighted by Crippen LogP contribution is 2.42. The van der Waals surface area contributed by atoms with Crippen LogP contribution in [0.1, 0.15) is 32.7 Å². The van der Waals surface area contributed by atoms with Gasteiger partial charge in [0.05, 0.1) is 5.56 Å². The van der Waals surface area contributed by atoms with E-state index in [0.29, 0.717) is 6.07 Å². The number of carboxylic acids is 1. The van der Waals surface area contributed by atoms with Gasteiger partial charge in [-0.25, -0.2) is 18.6 Å². The summed E-state index contributed by atoms with van der Waals surface area (Å²) in [4.78, 5) is 27.3. The zero-order valence-electron chi connectivity index (χ0n) is 15.6. The van der Waals surface area contributed by atoms with Gasteiger partial charge in [-0.05, 0) is 30.3 Å². The highest BCUT2D eigenvalue weighted by Gasteiger charge is 2.52. The van der Waals surface area contributed by atoms with Gasteiger partial charge in [-0.15, -0.1) is 0 Å². The number of aromatic carboxylic acids is 1. The average molecular weight is 442 g/mol. The second kappa shape index (κ2) is 8.32. The van der Waals surface area contributed by atoms with Crippen LogP contribution < -0.4 is 5.32 Å². The molecule has 11 heteroatoms. The van der Waals surface area contributed by atoms with E-state index in [0.717, 1.165) is 12.1 Å². The molecule has 0 saturated heterocycles. The number of amidine groups is 1. The maximum Gasteiger partial charge on any atom is 0.425 e. The normalized spacial score (nSPS) is 21.1. The minimum absolute atomic E-state index is 0.0628. The molecule has 0 radical (unpaired) electrons. The summed E-state index contributed by atoms with van der Waals surface area (Å²) < 4.78 is 73.8. The van der Waals surface area contributed by atoms with Crippen LogP contribution >= 0.6 is 0 Å². The Kier molecular flexibility index (Phi) is 5.96. The monoisotopic (exact) mass is 442 g/mol. The van der Waals surface area contributed by atoms with Crippen molar-refractivity contribution in [2.75, 3.05) is 6.67 Å². The summed E-state index contributed by atoms with van der Waals surface area (Å²) in [5.74, 6) is -3.52. The molecule has 2 unspecified atom stereocenters. The molecule has 164 valence electrons. The zero-order chi connectivity index (χ0) is 22.8. The fraction of sp³-hybridized carbons (Fsp3) is 0.250. The van der Waals surface area contributed by atoms with Crippen LogP contribution in [0.4, 0.5) is 22.0 Å². The van der Waals surface area contributed by atoms with Crippen LogP contribution in [0.3, 0.4) is 0 Å². The number of amides is 1. The van der Waals surface area contributed by atoms with Crippen molar-refractivity contribution in [3.05, 3.63) is 71.0 Å². The molecule has 1 heterocycles. The quantitative estimate of drug-likeness (QED) is 0.705. The van der Waals surface area contributed by atoms with E-state index in [1.165, 1.54) is 24.3 Å². The van der Waals surface area contributed by atoms with Gasteiger partial charge in [0.25, 0.3) is 11.9 Å². The van der Waals surface area contributed by atoms with Crippen molar-refractivity contribution in [1.82, 2.24) is 5.32 Å². The lowest BCUT2D eigenvalue weighted by molar-refractivity contribution is -0.209. The minimum atomic E-state index is -5.00. The first-order chi connectivity index (χ1) is 14.6. The summed E-state index contributed by atoms with van der Waals surface area (Å²) >= 11 is 0. The number of ether oxygens (including phenoxy) is 1. The van der Waals surface area contributed by atoms with E-state index < -0.39 is 65.8 Å². The van der Waals surface area contributed by atoms with Gasteiger partial charge in [0, 0.05) is 17.5 Å². The maximum absolute atomic E-state index is 14.5. The predicted octanol–water partition coefficient (Wildman–Crippen LogP) is 3.83. The molecule has 3 rings (SSSR count). The molecular weight excluding hydrogens is 427 g/mol. The van der Waals surface area contributed by atoms with Crippen LogP contribution in [0, 0.1) is 5.82 Å². The first-order valence-electron chi connectivity index (χ1n) is 8.84. The van der Waals surface area contributed by atoms with Gasteiger partial charge in [0.2, 0.25) is 0 Å². The molecule has 2 N–H and O–H groups in total. The molecule has 1 aliphatic heterocycles. The van der Waals surface area contributed by atoms with Crippen LogP contribution in [0.2, 0.25) is 0 Å². The molecule has 2 aromatic carbocycles. The van der Waals surface area contributed by atoms with Crippen LogP contribution in [0.25, 0.3) is 0 Å². The lowest BCUT2D eigenvalue weighted by Gasteiger charge is -2.37. The first-order valence-corrected chi connectivity index (χ1v) is 8.84. The fourth-order valence-corrected chi connectivity index (χ4v) is 3.09. The van der Waals surface area contributed by atoms with Crippen molar-refractivity contribution in [3.63, 3.8) is 0 Å². The van der Waals surface area contributed by atoms with E-state index >= 15 is 0 Å². The number of rotatable bonds is 4. The summed E-state index contributed by atoms with van der Waals surface area (Å²) in [5.41, 5.74) is -3.57. The summed E-state index contributed by atoms with van der Waals surface area (Å²) in [7, 11) is 0. The highest BCUT2D eigenvalue weighted by atomic mass is 19.4. The summed E-state index contributed by atoms with van der Waals surface area (Å²) in [6.07, 6.45) is -8.78. The molecule has 0 aromatic heterocycles. The largest absolute Gasteiger partial charge is 0.478 e. The Labute approximate surface area is 172 Å². The molecule has 2 atom stereocenters. The summed E-state index contributed by atoms with van der Waals surface area (Å²) in [5, 5.41) is 11.2. The molecule has 2 aromatic rings. The standard InChI is InChI=1S/C20H15F5N2O4/c21-10-19(13-8-12(17(29)30)6-7-14(13)22)9-15(20(23,24)25)31-18(27-19)26-16(28)11-4-2-1-3-5-11/h1-8,15H,9-10H2,(H,29,30)(H,26,27,28). The second-order valence-electron chi connectivity index (χ2n) is 6.75. The minimum Gasteiger partial charge on any atom is -0.478 e. The van der Waals surface area contributed by atoms with Crippen molar-refractivity contribution >= 4 is 17.9 Å². The second-order valence-corrected chi connectivity index (χ2v) is 6.75. The Bertz CT molecular complexity index is 1030. The van der Waals surface area contributed by atoms with Crippen molar-refractivity contribution in [1.29, 1.82) is 0 Å². The highest BCUT2D eigenvalue weighted by molar-refractivity contribution is 6.04. The van der Waals surface area contributed by atoms with E-state index in [1.54, 1.807) is 6.07 Å². The van der Waals surface area contributed by atoms with Gasteiger partial charge in [0.15, 0.2) is 6.10 Å². The molecule has 0 saturated carbocycles. The van der Waals surface area contributed by atoms with Gasteiger partial charge >= 0.3 is 12.1 Å². The van der Waals surface area contributed by atoms with E-state index in [2.05, 4.69) is 4.99 Å². The van der Waals surface area contributed by atoms with Crippen molar-refractivity contribution in [2.24, 2.45) is 4.99 Å².